The quantitative estimate of drug-likeness (QED) is 0.606. The fraction of sp³-hybridized carbons (Fsp3) is 0.333. The molecule has 1 aromatic heterocycles. The van der Waals surface area contributed by atoms with Crippen LogP contribution in [0, 0.1) is 6.92 Å². The van der Waals surface area contributed by atoms with Gasteiger partial charge < -0.3 is 19.9 Å². The van der Waals surface area contributed by atoms with Crippen LogP contribution in [0.15, 0.2) is 65.2 Å². The molecule has 2 N–H and O–H groups in total. The van der Waals surface area contributed by atoms with Crippen molar-refractivity contribution in [3.8, 4) is 11.3 Å². The number of ether oxygens (including phenoxy) is 1. The molecule has 162 valence electrons. The van der Waals surface area contributed by atoms with Gasteiger partial charge in [0.2, 0.25) is 0 Å². The van der Waals surface area contributed by atoms with Gasteiger partial charge in [0.15, 0.2) is 5.76 Å². The molecule has 0 radical (unpaired) electrons. The van der Waals surface area contributed by atoms with Crippen molar-refractivity contribution >= 4 is 11.7 Å². The minimum absolute atomic E-state index is 0.0143. The number of benzene rings is 2. The summed E-state index contributed by atoms with van der Waals surface area (Å²) in [6.45, 7) is 4.94. The molecule has 0 bridgehead atoms. The van der Waals surface area contributed by atoms with Crippen molar-refractivity contribution in [1.82, 2.24) is 15.4 Å². The predicted molar refractivity (Wildman–Crippen MR) is 120 cm³/mol. The average molecular weight is 421 g/mol. The van der Waals surface area contributed by atoms with E-state index in [2.05, 4.69) is 32.8 Å². The van der Waals surface area contributed by atoms with Gasteiger partial charge in [-0.25, -0.2) is 4.79 Å². The van der Waals surface area contributed by atoms with E-state index in [1.54, 1.807) is 14.0 Å². The van der Waals surface area contributed by atoms with E-state index in [0.29, 0.717) is 23.7 Å². The first-order valence-electron chi connectivity index (χ1n) is 10.5. The standard InChI is InChI=1S/C24H28N4O3/c1-17-22(23(27-31-17)19-11-7-4-8-12-19)26-24(29)25-21-16-28(13-14-30-2)15-20(21)18-9-5-3-6-10-18/h3-12,20-21H,13-16H2,1-2H3,(H2,25,26,29)/t20-,21+/m0/s1. The predicted octanol–water partition coefficient (Wildman–Crippen LogP) is 3.89. The number of carbonyl (C=O) groups is 1. The highest BCUT2D eigenvalue weighted by Crippen LogP contribution is 2.31. The highest BCUT2D eigenvalue weighted by atomic mass is 16.5. The number of carbonyl (C=O) groups excluding carboxylic acids is 1. The van der Waals surface area contributed by atoms with Crippen molar-refractivity contribution in [2.45, 2.75) is 18.9 Å². The third-order valence-electron chi connectivity index (χ3n) is 5.70. The molecular formula is C24H28N4O3. The zero-order valence-corrected chi connectivity index (χ0v) is 17.9. The lowest BCUT2D eigenvalue weighted by atomic mass is 9.94. The molecule has 2 aromatic carbocycles. The summed E-state index contributed by atoms with van der Waals surface area (Å²) in [7, 11) is 1.71. The Balaban J connectivity index is 1.49. The van der Waals surface area contributed by atoms with Gasteiger partial charge >= 0.3 is 6.03 Å². The van der Waals surface area contributed by atoms with E-state index < -0.39 is 0 Å². The van der Waals surface area contributed by atoms with Gasteiger partial charge in [-0.2, -0.15) is 0 Å². The summed E-state index contributed by atoms with van der Waals surface area (Å²) in [5.74, 6) is 0.780. The van der Waals surface area contributed by atoms with E-state index in [-0.39, 0.29) is 18.0 Å². The minimum Gasteiger partial charge on any atom is -0.383 e. The summed E-state index contributed by atoms with van der Waals surface area (Å²) < 4.78 is 10.6. The number of likely N-dealkylation sites (tertiary alicyclic amines) is 1. The van der Waals surface area contributed by atoms with Crippen LogP contribution in [0.2, 0.25) is 0 Å². The Morgan fingerprint density at radius 1 is 1.13 bits per heavy atom. The molecule has 1 aliphatic heterocycles. The van der Waals surface area contributed by atoms with Crippen LogP contribution in [0.5, 0.6) is 0 Å². The van der Waals surface area contributed by atoms with Gasteiger partial charge in [0.05, 0.1) is 12.6 Å². The lowest BCUT2D eigenvalue weighted by Crippen LogP contribution is -2.42. The second kappa shape index (κ2) is 9.76. The average Bonchev–Trinajstić information content (AvgIpc) is 3.37. The van der Waals surface area contributed by atoms with Gasteiger partial charge in [0, 0.05) is 38.2 Å². The van der Waals surface area contributed by atoms with E-state index in [1.165, 1.54) is 5.56 Å². The number of nitrogens with one attached hydrogen (secondary N) is 2. The largest absolute Gasteiger partial charge is 0.383 e. The van der Waals surface area contributed by atoms with Gasteiger partial charge in [-0.1, -0.05) is 65.8 Å². The molecule has 7 nitrogen and oxygen atoms in total. The van der Waals surface area contributed by atoms with Gasteiger partial charge in [0.1, 0.15) is 11.4 Å². The molecule has 1 fully saturated rings. The summed E-state index contributed by atoms with van der Waals surface area (Å²) in [4.78, 5) is 15.3. The Kier molecular flexibility index (Phi) is 6.64. The molecule has 3 aromatic rings. The molecule has 0 spiro atoms. The van der Waals surface area contributed by atoms with Crippen molar-refractivity contribution in [1.29, 1.82) is 0 Å². The summed E-state index contributed by atoms with van der Waals surface area (Å²) in [6.07, 6.45) is 0. The number of aryl methyl sites for hydroxylation is 1. The van der Waals surface area contributed by atoms with Crippen molar-refractivity contribution in [2.24, 2.45) is 0 Å². The van der Waals surface area contributed by atoms with Gasteiger partial charge in [-0.15, -0.1) is 0 Å². The zero-order valence-electron chi connectivity index (χ0n) is 17.9. The molecule has 0 unspecified atom stereocenters. The van der Waals surface area contributed by atoms with E-state index in [9.17, 15) is 4.79 Å². The third kappa shape index (κ3) is 4.95. The summed E-state index contributed by atoms with van der Waals surface area (Å²) >= 11 is 0. The monoisotopic (exact) mass is 420 g/mol. The molecule has 7 heteroatoms. The number of aromatic nitrogens is 1. The normalized spacial score (nSPS) is 18.8. The fourth-order valence-electron chi connectivity index (χ4n) is 4.10. The van der Waals surface area contributed by atoms with Crippen molar-refractivity contribution in [3.63, 3.8) is 0 Å². The Labute approximate surface area is 182 Å². The Bertz CT molecular complexity index is 991. The first-order chi connectivity index (χ1) is 15.2. The summed E-state index contributed by atoms with van der Waals surface area (Å²) in [6, 6.07) is 19.7. The lowest BCUT2D eigenvalue weighted by Gasteiger charge is -2.20. The molecule has 0 aliphatic carbocycles. The van der Waals surface area contributed by atoms with Crippen LogP contribution >= 0.6 is 0 Å². The molecule has 4 rings (SSSR count). The highest BCUT2D eigenvalue weighted by Gasteiger charge is 2.34. The van der Waals surface area contributed by atoms with Gasteiger partial charge in [-0.05, 0) is 12.5 Å². The van der Waals surface area contributed by atoms with Crippen molar-refractivity contribution in [2.75, 3.05) is 38.7 Å². The number of anilines is 1. The van der Waals surface area contributed by atoms with E-state index in [0.717, 1.165) is 25.2 Å². The van der Waals surface area contributed by atoms with Crippen LogP contribution in [-0.4, -0.2) is 55.5 Å². The Morgan fingerprint density at radius 3 is 2.55 bits per heavy atom. The number of amides is 2. The Morgan fingerprint density at radius 2 is 1.84 bits per heavy atom. The molecule has 2 amide bonds. The molecule has 1 saturated heterocycles. The molecule has 0 saturated carbocycles. The van der Waals surface area contributed by atoms with Gasteiger partial charge in [0.25, 0.3) is 0 Å². The van der Waals surface area contributed by atoms with Crippen LogP contribution in [0.25, 0.3) is 11.3 Å². The fourth-order valence-corrected chi connectivity index (χ4v) is 4.10. The Hall–Kier alpha value is -3.16. The SMILES string of the molecule is COCCN1C[C@@H](NC(=O)Nc2c(-c3ccccc3)noc2C)[C@H](c2ccccc2)C1. The molecule has 2 atom stereocenters. The number of hydrogen-bond donors (Lipinski definition) is 2. The van der Waals surface area contributed by atoms with Crippen molar-refractivity contribution < 1.29 is 14.1 Å². The van der Waals surface area contributed by atoms with E-state index in [4.69, 9.17) is 9.26 Å². The highest BCUT2D eigenvalue weighted by molar-refractivity contribution is 5.94. The van der Waals surface area contributed by atoms with Crippen LogP contribution in [0.4, 0.5) is 10.5 Å². The third-order valence-corrected chi connectivity index (χ3v) is 5.70. The van der Waals surface area contributed by atoms with Crippen molar-refractivity contribution in [3.05, 3.63) is 72.0 Å². The molecule has 31 heavy (non-hydrogen) atoms. The van der Waals surface area contributed by atoms with Crippen LogP contribution in [0.3, 0.4) is 0 Å². The number of rotatable bonds is 7. The van der Waals surface area contributed by atoms with Crippen LogP contribution in [-0.2, 0) is 4.74 Å². The summed E-state index contributed by atoms with van der Waals surface area (Å²) in [5.41, 5.74) is 3.33. The molecular weight excluding hydrogens is 392 g/mol. The van der Waals surface area contributed by atoms with Crippen LogP contribution < -0.4 is 10.6 Å². The summed E-state index contributed by atoms with van der Waals surface area (Å²) in [5, 5.41) is 10.3. The smallest absolute Gasteiger partial charge is 0.319 e. The number of urea groups is 1. The number of methoxy groups -OCH3 is 1. The lowest BCUT2D eigenvalue weighted by molar-refractivity contribution is 0.159. The van der Waals surface area contributed by atoms with E-state index >= 15 is 0 Å². The maximum absolute atomic E-state index is 13.0. The molecule has 2 heterocycles. The zero-order chi connectivity index (χ0) is 21.6. The maximum atomic E-state index is 13.0. The number of nitrogens with zero attached hydrogens (tertiary/aromatic N) is 2. The topological polar surface area (TPSA) is 79.6 Å². The van der Waals surface area contributed by atoms with E-state index in [1.807, 2.05) is 48.5 Å². The van der Waals surface area contributed by atoms with Gasteiger partial charge in [-0.3, -0.25) is 4.90 Å². The maximum Gasteiger partial charge on any atom is 0.319 e. The van der Waals surface area contributed by atoms with Crippen LogP contribution in [0.1, 0.15) is 17.2 Å². The number of hydrogen-bond acceptors (Lipinski definition) is 5. The first kappa shape index (κ1) is 21.1. The first-order valence-corrected chi connectivity index (χ1v) is 10.5. The second-order valence-corrected chi connectivity index (χ2v) is 7.80. The minimum atomic E-state index is -0.261. The molecule has 1 aliphatic rings. The second-order valence-electron chi connectivity index (χ2n) is 7.80.